The van der Waals surface area contributed by atoms with E-state index in [0.29, 0.717) is 0 Å². The van der Waals surface area contributed by atoms with Gasteiger partial charge in [-0.2, -0.15) is 0 Å². The highest BCUT2D eigenvalue weighted by atomic mass is 32.2. The van der Waals surface area contributed by atoms with Crippen molar-refractivity contribution >= 4 is 10.0 Å². The van der Waals surface area contributed by atoms with Crippen molar-refractivity contribution in [1.82, 2.24) is 14.3 Å². The van der Waals surface area contributed by atoms with Gasteiger partial charge in [-0.15, -0.1) is 0 Å². The summed E-state index contributed by atoms with van der Waals surface area (Å²) in [4.78, 5) is 25.2. The van der Waals surface area contributed by atoms with E-state index in [0.717, 1.165) is 0 Å². The first-order valence-corrected chi connectivity index (χ1v) is 8.84. The number of ether oxygens (including phenoxy) is 3. The standard InChI is InChI=1S/C13H23N3O7S/c1-14-24(19,20)7-5-10(8-21-2)23-12(9-22-3)16-6-4-11(17)15-13(16)18/h4,6,10,12,14H,5,7-9H2,1-3H3,(H,15,17,18)/t10?,12-/m1/s1. The lowest BCUT2D eigenvalue weighted by molar-refractivity contribution is -0.110. The Morgan fingerprint density at radius 3 is 2.46 bits per heavy atom. The average molecular weight is 365 g/mol. The quantitative estimate of drug-likeness (QED) is 0.496. The fourth-order valence-corrected chi connectivity index (χ4v) is 2.75. The molecule has 11 heteroatoms. The van der Waals surface area contributed by atoms with Gasteiger partial charge in [-0.05, 0) is 13.5 Å². The Morgan fingerprint density at radius 1 is 1.25 bits per heavy atom. The number of nitrogens with one attached hydrogen (secondary N) is 2. The third-order valence-corrected chi connectivity index (χ3v) is 4.59. The lowest BCUT2D eigenvalue weighted by atomic mass is 10.3. The van der Waals surface area contributed by atoms with Gasteiger partial charge >= 0.3 is 5.69 Å². The van der Waals surface area contributed by atoms with E-state index in [1.807, 2.05) is 0 Å². The van der Waals surface area contributed by atoms with Gasteiger partial charge in [0.05, 0.1) is 25.1 Å². The highest BCUT2D eigenvalue weighted by Gasteiger charge is 2.21. The molecule has 0 bridgehead atoms. The molecule has 0 radical (unpaired) electrons. The van der Waals surface area contributed by atoms with Crippen molar-refractivity contribution in [3.63, 3.8) is 0 Å². The molecular weight excluding hydrogens is 342 g/mol. The van der Waals surface area contributed by atoms with Crippen LogP contribution in [-0.4, -0.2) is 64.3 Å². The van der Waals surface area contributed by atoms with E-state index < -0.39 is 33.6 Å². The number of sulfonamides is 1. The first-order chi connectivity index (χ1) is 11.3. The Kier molecular flexibility index (Phi) is 8.28. The van der Waals surface area contributed by atoms with Crippen molar-refractivity contribution in [1.29, 1.82) is 0 Å². The second kappa shape index (κ2) is 9.69. The predicted octanol–water partition coefficient (Wildman–Crippen LogP) is -1.35. The lowest BCUT2D eigenvalue weighted by Gasteiger charge is -2.25. The number of methoxy groups -OCH3 is 2. The van der Waals surface area contributed by atoms with Crippen LogP contribution in [0.4, 0.5) is 0 Å². The summed E-state index contributed by atoms with van der Waals surface area (Å²) < 4.78 is 42.4. The van der Waals surface area contributed by atoms with E-state index in [9.17, 15) is 18.0 Å². The summed E-state index contributed by atoms with van der Waals surface area (Å²) in [5, 5.41) is 0. The molecule has 0 aliphatic rings. The van der Waals surface area contributed by atoms with Crippen molar-refractivity contribution in [2.75, 3.05) is 40.2 Å². The second-order valence-corrected chi connectivity index (χ2v) is 7.00. The first kappa shape index (κ1) is 20.5. The van der Waals surface area contributed by atoms with Crippen LogP contribution in [-0.2, 0) is 24.2 Å². The molecule has 138 valence electrons. The highest BCUT2D eigenvalue weighted by Crippen LogP contribution is 2.13. The third-order valence-electron chi connectivity index (χ3n) is 3.19. The maximum absolute atomic E-state index is 11.9. The van der Waals surface area contributed by atoms with Gasteiger partial charge in [-0.3, -0.25) is 14.3 Å². The summed E-state index contributed by atoms with van der Waals surface area (Å²) in [6.07, 6.45) is 0.0304. The minimum Gasteiger partial charge on any atom is -0.382 e. The van der Waals surface area contributed by atoms with Crippen LogP contribution in [0.3, 0.4) is 0 Å². The summed E-state index contributed by atoms with van der Waals surface area (Å²) in [5.74, 6) is -0.155. The van der Waals surface area contributed by atoms with E-state index >= 15 is 0 Å². The van der Waals surface area contributed by atoms with Crippen LogP contribution < -0.4 is 16.0 Å². The SMILES string of the molecule is CNS(=O)(=O)CCC(COC)O[C@H](COC)n1ccc(=O)[nH]c1=O. The molecule has 24 heavy (non-hydrogen) atoms. The molecule has 0 saturated heterocycles. The molecule has 1 unspecified atom stereocenters. The molecule has 0 saturated carbocycles. The minimum absolute atomic E-state index is 0.0327. The predicted molar refractivity (Wildman–Crippen MR) is 86.4 cm³/mol. The summed E-state index contributed by atoms with van der Waals surface area (Å²) in [5.41, 5.74) is -1.18. The van der Waals surface area contributed by atoms with E-state index in [2.05, 4.69) is 9.71 Å². The molecule has 0 aromatic carbocycles. The lowest BCUT2D eigenvalue weighted by Crippen LogP contribution is -2.37. The maximum atomic E-state index is 11.9. The zero-order valence-corrected chi connectivity index (χ0v) is 14.7. The number of hydrogen-bond acceptors (Lipinski definition) is 7. The number of aromatic nitrogens is 2. The topological polar surface area (TPSA) is 129 Å². The van der Waals surface area contributed by atoms with Crippen molar-refractivity contribution in [2.24, 2.45) is 0 Å². The molecule has 0 aliphatic heterocycles. The first-order valence-electron chi connectivity index (χ1n) is 7.19. The molecule has 2 atom stereocenters. The van der Waals surface area contributed by atoms with Gasteiger partial charge in [0.1, 0.15) is 0 Å². The molecular formula is C13H23N3O7S. The van der Waals surface area contributed by atoms with Crippen LogP contribution in [0.15, 0.2) is 21.9 Å². The van der Waals surface area contributed by atoms with E-state index in [-0.39, 0.29) is 25.4 Å². The van der Waals surface area contributed by atoms with Crippen LogP contribution in [0.5, 0.6) is 0 Å². The molecule has 1 aromatic rings. The molecule has 0 spiro atoms. The number of H-pyrrole nitrogens is 1. The zero-order chi connectivity index (χ0) is 18.2. The van der Waals surface area contributed by atoms with Crippen LogP contribution in [0.1, 0.15) is 12.6 Å². The molecule has 1 aromatic heterocycles. The fraction of sp³-hybridized carbons (Fsp3) is 0.692. The van der Waals surface area contributed by atoms with Crippen LogP contribution in [0.25, 0.3) is 0 Å². The van der Waals surface area contributed by atoms with E-state index in [4.69, 9.17) is 14.2 Å². The largest absolute Gasteiger partial charge is 0.382 e. The number of nitrogens with zero attached hydrogens (tertiary/aromatic N) is 1. The zero-order valence-electron chi connectivity index (χ0n) is 13.9. The van der Waals surface area contributed by atoms with Gasteiger partial charge in [-0.25, -0.2) is 17.9 Å². The van der Waals surface area contributed by atoms with Crippen LogP contribution >= 0.6 is 0 Å². The number of rotatable bonds is 11. The Balaban J connectivity index is 2.92. The minimum atomic E-state index is -3.39. The maximum Gasteiger partial charge on any atom is 0.330 e. The van der Waals surface area contributed by atoms with E-state index in [1.165, 1.54) is 38.1 Å². The van der Waals surface area contributed by atoms with Gasteiger partial charge in [-0.1, -0.05) is 0 Å². The van der Waals surface area contributed by atoms with Crippen molar-refractivity contribution in [2.45, 2.75) is 18.8 Å². The van der Waals surface area contributed by atoms with Gasteiger partial charge in [0, 0.05) is 26.5 Å². The molecule has 1 heterocycles. The molecule has 10 nitrogen and oxygen atoms in total. The Labute approximate surface area is 139 Å². The van der Waals surface area contributed by atoms with E-state index in [1.54, 1.807) is 0 Å². The number of hydrogen-bond donors (Lipinski definition) is 2. The van der Waals surface area contributed by atoms with Gasteiger partial charge in [0.25, 0.3) is 5.56 Å². The summed E-state index contributed by atoms with van der Waals surface area (Å²) in [6, 6.07) is 1.18. The second-order valence-electron chi connectivity index (χ2n) is 4.95. The summed E-state index contributed by atoms with van der Waals surface area (Å²) >= 11 is 0. The normalized spacial score (nSPS) is 14.5. The molecule has 0 fully saturated rings. The monoisotopic (exact) mass is 365 g/mol. The van der Waals surface area contributed by atoms with Gasteiger partial charge < -0.3 is 14.2 Å². The molecule has 0 amide bonds. The fourth-order valence-electron chi connectivity index (χ4n) is 1.97. The van der Waals surface area contributed by atoms with Crippen molar-refractivity contribution in [3.8, 4) is 0 Å². The smallest absolute Gasteiger partial charge is 0.330 e. The molecule has 0 aliphatic carbocycles. The molecule has 1 rings (SSSR count). The summed E-state index contributed by atoms with van der Waals surface area (Å²) in [7, 11) is 0.829. The van der Waals surface area contributed by atoms with Crippen LogP contribution in [0, 0.1) is 0 Å². The average Bonchev–Trinajstić information content (AvgIpc) is 2.52. The Hall–Kier alpha value is -1.53. The van der Waals surface area contributed by atoms with Crippen LogP contribution in [0.2, 0.25) is 0 Å². The van der Waals surface area contributed by atoms with Crippen molar-refractivity contribution in [3.05, 3.63) is 33.1 Å². The highest BCUT2D eigenvalue weighted by molar-refractivity contribution is 7.89. The van der Waals surface area contributed by atoms with Gasteiger partial charge in [0.15, 0.2) is 6.23 Å². The number of aromatic amines is 1. The van der Waals surface area contributed by atoms with Crippen molar-refractivity contribution < 1.29 is 22.6 Å². The Bertz CT molecular complexity index is 713. The summed E-state index contributed by atoms with van der Waals surface area (Å²) in [6.45, 7) is 0.169. The Morgan fingerprint density at radius 2 is 1.92 bits per heavy atom. The third kappa shape index (κ3) is 6.53. The molecule has 2 N–H and O–H groups in total. The van der Waals surface area contributed by atoms with Gasteiger partial charge in [0.2, 0.25) is 10.0 Å².